The van der Waals surface area contributed by atoms with Gasteiger partial charge in [-0.05, 0) is 42.0 Å². The predicted octanol–water partition coefficient (Wildman–Crippen LogP) is 1.33. The van der Waals surface area contributed by atoms with E-state index in [-0.39, 0.29) is 18.7 Å². The largest absolute Gasteiger partial charge is 0.497 e. The van der Waals surface area contributed by atoms with Gasteiger partial charge in [-0.15, -0.1) is 0 Å². The van der Waals surface area contributed by atoms with Crippen molar-refractivity contribution < 1.29 is 23.5 Å². The molecule has 2 N–H and O–H groups in total. The second-order valence-corrected chi connectivity index (χ2v) is 6.02. The third-order valence-electron chi connectivity index (χ3n) is 4.14. The number of anilines is 1. The zero-order chi connectivity index (χ0) is 19.4. The van der Waals surface area contributed by atoms with Gasteiger partial charge in [0.15, 0.2) is 0 Å². The quantitative estimate of drug-likeness (QED) is 0.591. The van der Waals surface area contributed by atoms with Crippen LogP contribution in [0.4, 0.5) is 10.1 Å². The maximum absolute atomic E-state index is 13.0. The zero-order valence-corrected chi connectivity index (χ0v) is 14.6. The van der Waals surface area contributed by atoms with E-state index in [2.05, 4.69) is 10.9 Å². The van der Waals surface area contributed by atoms with Crippen LogP contribution >= 0.6 is 0 Å². The Hall–Kier alpha value is -3.26. The van der Waals surface area contributed by atoms with Crippen molar-refractivity contribution in [3.05, 3.63) is 59.9 Å². The Morgan fingerprint density at radius 1 is 1.15 bits per heavy atom. The number of halogens is 1. The predicted molar refractivity (Wildman–Crippen MR) is 95.3 cm³/mol. The number of ether oxygens (including phenoxy) is 1. The van der Waals surface area contributed by atoms with E-state index in [0.29, 0.717) is 11.4 Å². The van der Waals surface area contributed by atoms with Gasteiger partial charge in [-0.3, -0.25) is 19.8 Å². The summed E-state index contributed by atoms with van der Waals surface area (Å²) >= 11 is 0. The third-order valence-corrected chi connectivity index (χ3v) is 4.14. The number of nitrogens with one attached hydrogen (secondary N) is 2. The summed E-state index contributed by atoms with van der Waals surface area (Å²) in [5.74, 6) is -1.04. The lowest BCUT2D eigenvalue weighted by Crippen LogP contribution is -2.48. The molecule has 1 atom stereocenters. The summed E-state index contributed by atoms with van der Waals surface area (Å²) in [6.45, 7) is 0. The Morgan fingerprint density at radius 3 is 2.44 bits per heavy atom. The molecule has 27 heavy (non-hydrogen) atoms. The molecule has 0 aliphatic carbocycles. The summed E-state index contributed by atoms with van der Waals surface area (Å²) in [6.07, 6.45) is 0.00650. The number of hydrogen-bond donors (Lipinski definition) is 2. The van der Waals surface area contributed by atoms with Crippen LogP contribution in [0.3, 0.4) is 0 Å². The fraction of sp³-hybridized carbons (Fsp3) is 0.211. The molecule has 0 radical (unpaired) electrons. The van der Waals surface area contributed by atoms with Gasteiger partial charge in [0.05, 0.1) is 25.6 Å². The molecule has 1 saturated heterocycles. The number of carbonyl (C=O) groups excluding carboxylic acids is 3. The number of carbonyl (C=O) groups is 3. The number of imide groups is 1. The topological polar surface area (TPSA) is 87.7 Å². The molecule has 1 aliphatic heterocycles. The smallest absolute Gasteiger partial charge is 0.253 e. The molecule has 0 saturated carbocycles. The molecule has 8 heteroatoms. The number of amides is 3. The van der Waals surface area contributed by atoms with Crippen LogP contribution < -0.4 is 20.5 Å². The van der Waals surface area contributed by atoms with Crippen LogP contribution in [0.25, 0.3) is 0 Å². The van der Waals surface area contributed by atoms with E-state index in [1.54, 1.807) is 31.4 Å². The number of hydrazine groups is 1. The van der Waals surface area contributed by atoms with Gasteiger partial charge in [0, 0.05) is 0 Å². The van der Waals surface area contributed by atoms with Crippen molar-refractivity contribution in [1.29, 1.82) is 0 Å². The number of rotatable bonds is 6. The van der Waals surface area contributed by atoms with Crippen LogP contribution in [-0.2, 0) is 20.8 Å². The van der Waals surface area contributed by atoms with Crippen molar-refractivity contribution >= 4 is 23.4 Å². The first kappa shape index (κ1) is 18.5. The van der Waals surface area contributed by atoms with Crippen molar-refractivity contribution in [3.63, 3.8) is 0 Å². The van der Waals surface area contributed by atoms with Gasteiger partial charge >= 0.3 is 0 Å². The Bertz CT molecular complexity index is 852. The molecule has 3 amide bonds. The molecule has 140 valence electrons. The van der Waals surface area contributed by atoms with E-state index in [4.69, 9.17) is 4.74 Å². The molecule has 2 aromatic rings. The molecule has 1 aliphatic rings. The highest BCUT2D eigenvalue weighted by Crippen LogP contribution is 2.22. The first-order chi connectivity index (χ1) is 13.0. The summed E-state index contributed by atoms with van der Waals surface area (Å²) in [5.41, 5.74) is 6.13. The van der Waals surface area contributed by atoms with Crippen molar-refractivity contribution in [3.8, 4) is 5.75 Å². The van der Waals surface area contributed by atoms with Gasteiger partial charge in [-0.25, -0.2) is 14.7 Å². The highest BCUT2D eigenvalue weighted by molar-refractivity contribution is 6.22. The minimum Gasteiger partial charge on any atom is -0.497 e. The minimum atomic E-state index is -0.873. The molecule has 2 aromatic carbocycles. The fourth-order valence-electron chi connectivity index (χ4n) is 2.75. The number of methoxy groups -OCH3 is 1. The summed E-state index contributed by atoms with van der Waals surface area (Å²) in [4.78, 5) is 37.6. The molecule has 1 heterocycles. The monoisotopic (exact) mass is 371 g/mol. The van der Waals surface area contributed by atoms with Gasteiger partial charge in [-0.1, -0.05) is 12.1 Å². The van der Waals surface area contributed by atoms with Gasteiger partial charge in [-0.2, -0.15) is 0 Å². The first-order valence-electron chi connectivity index (χ1n) is 8.27. The highest BCUT2D eigenvalue weighted by Gasteiger charge is 2.39. The Labute approximate surface area is 155 Å². The van der Waals surface area contributed by atoms with Gasteiger partial charge in [0.1, 0.15) is 17.6 Å². The first-order valence-corrected chi connectivity index (χ1v) is 8.27. The van der Waals surface area contributed by atoms with E-state index in [9.17, 15) is 18.8 Å². The number of benzene rings is 2. The molecule has 0 unspecified atom stereocenters. The van der Waals surface area contributed by atoms with Crippen molar-refractivity contribution in [1.82, 2.24) is 10.9 Å². The zero-order valence-electron chi connectivity index (χ0n) is 14.6. The Balaban J connectivity index is 1.56. The van der Waals surface area contributed by atoms with Crippen LogP contribution in [0.15, 0.2) is 48.5 Å². The molecule has 0 aromatic heterocycles. The second kappa shape index (κ2) is 7.96. The summed E-state index contributed by atoms with van der Waals surface area (Å²) in [6, 6.07) is 11.2. The lowest BCUT2D eigenvalue weighted by molar-refractivity contribution is -0.122. The maximum Gasteiger partial charge on any atom is 0.253 e. The lowest BCUT2D eigenvalue weighted by atomic mass is 10.1. The Morgan fingerprint density at radius 2 is 1.81 bits per heavy atom. The third kappa shape index (κ3) is 4.29. The average molecular weight is 371 g/mol. The number of nitrogens with zero attached hydrogens (tertiary/aromatic N) is 1. The van der Waals surface area contributed by atoms with E-state index >= 15 is 0 Å². The van der Waals surface area contributed by atoms with Gasteiger partial charge in [0.2, 0.25) is 11.8 Å². The van der Waals surface area contributed by atoms with E-state index in [0.717, 1.165) is 10.5 Å². The normalized spacial score (nSPS) is 16.5. The van der Waals surface area contributed by atoms with Crippen LogP contribution in [0.2, 0.25) is 0 Å². The summed E-state index contributed by atoms with van der Waals surface area (Å²) in [7, 11) is 1.56. The molecule has 0 bridgehead atoms. The molecule has 7 nitrogen and oxygen atoms in total. The summed E-state index contributed by atoms with van der Waals surface area (Å²) in [5, 5.41) is 0. The maximum atomic E-state index is 13.0. The lowest BCUT2D eigenvalue weighted by Gasteiger charge is -2.16. The summed E-state index contributed by atoms with van der Waals surface area (Å²) < 4.78 is 18.1. The van der Waals surface area contributed by atoms with Crippen LogP contribution in [0, 0.1) is 5.82 Å². The number of hydrogen-bond acceptors (Lipinski definition) is 5. The van der Waals surface area contributed by atoms with Crippen LogP contribution in [0.1, 0.15) is 12.0 Å². The fourth-order valence-corrected chi connectivity index (χ4v) is 2.75. The standard InChI is InChI=1S/C19H18FN3O4/c1-27-15-8-2-12(3-9-15)10-17(24)22-21-16-11-18(25)23(19(16)26)14-6-4-13(20)5-7-14/h2-9,16,21H,10-11H2,1H3,(H,22,24)/t16-/m0/s1. The van der Waals surface area contributed by atoms with E-state index in [1.165, 1.54) is 24.3 Å². The van der Waals surface area contributed by atoms with Gasteiger partial charge < -0.3 is 4.74 Å². The molecule has 3 rings (SSSR count). The average Bonchev–Trinajstić information content (AvgIpc) is 2.95. The van der Waals surface area contributed by atoms with Crippen LogP contribution in [0.5, 0.6) is 5.75 Å². The molecule has 0 spiro atoms. The van der Waals surface area contributed by atoms with Crippen molar-refractivity contribution in [2.75, 3.05) is 12.0 Å². The molecule has 1 fully saturated rings. The highest BCUT2D eigenvalue weighted by atomic mass is 19.1. The second-order valence-electron chi connectivity index (χ2n) is 6.02. The SMILES string of the molecule is COc1ccc(CC(=O)NN[C@H]2CC(=O)N(c3ccc(F)cc3)C2=O)cc1. The van der Waals surface area contributed by atoms with E-state index in [1.807, 2.05) is 0 Å². The van der Waals surface area contributed by atoms with Crippen molar-refractivity contribution in [2.45, 2.75) is 18.9 Å². The minimum absolute atomic E-state index is 0.0982. The molecular weight excluding hydrogens is 353 g/mol. The molecular formula is C19H18FN3O4. The van der Waals surface area contributed by atoms with E-state index < -0.39 is 23.7 Å². The van der Waals surface area contributed by atoms with Crippen molar-refractivity contribution in [2.24, 2.45) is 0 Å². The van der Waals surface area contributed by atoms with Crippen LogP contribution in [-0.4, -0.2) is 30.9 Å². The van der Waals surface area contributed by atoms with Gasteiger partial charge in [0.25, 0.3) is 5.91 Å². The Kier molecular flexibility index (Phi) is 5.46.